The normalized spacial score (nSPS) is 16.4. The van der Waals surface area contributed by atoms with E-state index in [-0.39, 0.29) is 17.6 Å². The lowest BCUT2D eigenvalue weighted by Gasteiger charge is -2.33. The van der Waals surface area contributed by atoms with Crippen LogP contribution in [0.15, 0.2) is 35.8 Å². The number of benzene rings is 1. The molecule has 8 heteroatoms. The average Bonchev–Trinajstić information content (AvgIpc) is 3.18. The van der Waals surface area contributed by atoms with E-state index in [1.165, 1.54) is 12.1 Å². The van der Waals surface area contributed by atoms with E-state index in [1.807, 2.05) is 42.4 Å². The molecule has 1 aromatic carbocycles. The molecule has 0 aliphatic carbocycles. The second kappa shape index (κ2) is 9.09. The van der Waals surface area contributed by atoms with E-state index in [4.69, 9.17) is 4.98 Å². The Balaban J connectivity index is 1.61. The number of likely N-dealkylation sites (tertiary alicyclic amines) is 1. The lowest BCUT2D eigenvalue weighted by atomic mass is 9.89. The third-order valence-electron chi connectivity index (χ3n) is 5.52. The highest BCUT2D eigenvalue weighted by atomic mass is 32.1. The number of nitrogens with zero attached hydrogens (tertiary/aromatic N) is 5. The zero-order valence-electron chi connectivity index (χ0n) is 18.0. The minimum absolute atomic E-state index is 0.0941. The van der Waals surface area contributed by atoms with Crippen LogP contribution in [0.5, 0.6) is 0 Å². The van der Waals surface area contributed by atoms with E-state index >= 15 is 0 Å². The van der Waals surface area contributed by atoms with Gasteiger partial charge in [0.2, 0.25) is 11.9 Å². The predicted molar refractivity (Wildman–Crippen MR) is 121 cm³/mol. The summed E-state index contributed by atoms with van der Waals surface area (Å²) in [6.45, 7) is 3.31. The molecule has 1 fully saturated rings. The number of aryl methyl sites for hydroxylation is 1. The van der Waals surface area contributed by atoms with Gasteiger partial charge in [-0.1, -0.05) is 12.1 Å². The number of aromatic nitrogens is 3. The van der Waals surface area contributed by atoms with Crippen molar-refractivity contribution in [3.8, 4) is 11.1 Å². The van der Waals surface area contributed by atoms with Gasteiger partial charge >= 0.3 is 0 Å². The molecule has 6 nitrogen and oxygen atoms in total. The summed E-state index contributed by atoms with van der Waals surface area (Å²) in [7, 11) is 3.81. The van der Waals surface area contributed by atoms with E-state index in [1.54, 1.807) is 23.5 Å². The van der Waals surface area contributed by atoms with Gasteiger partial charge in [-0.2, -0.15) is 0 Å². The first-order valence-electron chi connectivity index (χ1n) is 10.4. The van der Waals surface area contributed by atoms with Crippen molar-refractivity contribution >= 4 is 23.2 Å². The molecule has 4 rings (SSSR count). The summed E-state index contributed by atoms with van der Waals surface area (Å²) < 4.78 is 13.5. The molecule has 0 saturated carbocycles. The number of anilines is 1. The number of piperidine rings is 1. The van der Waals surface area contributed by atoms with Gasteiger partial charge < -0.3 is 9.80 Å². The number of hydrogen-bond acceptors (Lipinski definition) is 6. The monoisotopic (exact) mass is 439 g/mol. The van der Waals surface area contributed by atoms with Crippen molar-refractivity contribution in [2.75, 3.05) is 32.1 Å². The number of amides is 1. The molecule has 0 radical (unpaired) electrons. The summed E-state index contributed by atoms with van der Waals surface area (Å²) in [5.41, 5.74) is 3.51. The van der Waals surface area contributed by atoms with Gasteiger partial charge in [0, 0.05) is 50.2 Å². The van der Waals surface area contributed by atoms with Crippen LogP contribution in [0.4, 0.5) is 10.3 Å². The third kappa shape index (κ3) is 4.90. The molecule has 0 bridgehead atoms. The van der Waals surface area contributed by atoms with Gasteiger partial charge in [0.15, 0.2) is 0 Å². The fourth-order valence-electron chi connectivity index (χ4n) is 3.95. The zero-order chi connectivity index (χ0) is 22.0. The van der Waals surface area contributed by atoms with Gasteiger partial charge in [-0.05, 0) is 37.5 Å². The number of thiazole rings is 1. The van der Waals surface area contributed by atoms with Gasteiger partial charge in [-0.25, -0.2) is 19.3 Å². The summed E-state index contributed by atoms with van der Waals surface area (Å²) in [5.74, 6) is 0.543. The van der Waals surface area contributed by atoms with Crippen molar-refractivity contribution in [1.29, 1.82) is 0 Å². The summed E-state index contributed by atoms with van der Waals surface area (Å²) >= 11 is 1.57. The first-order chi connectivity index (χ1) is 14.9. The topological polar surface area (TPSA) is 62.2 Å². The van der Waals surface area contributed by atoms with Crippen molar-refractivity contribution in [2.45, 2.75) is 32.1 Å². The predicted octanol–water partition coefficient (Wildman–Crippen LogP) is 4.06. The standard InChI is InChI=1S/C23H26FN5OS/c1-15-26-19(14-31-15)11-21(30)29-10-4-5-17(13-29)22-20(12-25-23(27-22)28(2)3)16-6-8-18(24)9-7-16/h6-9,12,14,17H,4-5,10-11,13H2,1-3H3. The second-order valence-electron chi connectivity index (χ2n) is 8.08. The highest BCUT2D eigenvalue weighted by Gasteiger charge is 2.28. The highest BCUT2D eigenvalue weighted by Crippen LogP contribution is 2.34. The van der Waals surface area contributed by atoms with Crippen molar-refractivity contribution in [1.82, 2.24) is 19.9 Å². The molecule has 3 aromatic rings. The van der Waals surface area contributed by atoms with Gasteiger partial charge in [0.25, 0.3) is 0 Å². The lowest BCUT2D eigenvalue weighted by molar-refractivity contribution is -0.131. The molecule has 1 atom stereocenters. The Labute approximate surface area is 185 Å². The van der Waals surface area contributed by atoms with Crippen LogP contribution in [-0.4, -0.2) is 52.9 Å². The van der Waals surface area contributed by atoms with Gasteiger partial charge in [0.05, 0.1) is 22.8 Å². The first-order valence-corrected chi connectivity index (χ1v) is 11.3. The van der Waals surface area contributed by atoms with Crippen LogP contribution in [0.2, 0.25) is 0 Å². The Morgan fingerprint density at radius 3 is 2.71 bits per heavy atom. The van der Waals surface area contributed by atoms with Crippen molar-refractivity contribution in [3.05, 3.63) is 58.1 Å². The van der Waals surface area contributed by atoms with Gasteiger partial charge in [0.1, 0.15) is 5.82 Å². The van der Waals surface area contributed by atoms with Crippen LogP contribution < -0.4 is 4.90 Å². The maximum Gasteiger partial charge on any atom is 0.228 e. The molecule has 1 aliphatic rings. The maximum atomic E-state index is 13.5. The van der Waals surface area contributed by atoms with Crippen molar-refractivity contribution in [2.24, 2.45) is 0 Å². The smallest absolute Gasteiger partial charge is 0.228 e. The lowest BCUT2D eigenvalue weighted by Crippen LogP contribution is -2.40. The van der Waals surface area contributed by atoms with Crippen molar-refractivity contribution in [3.63, 3.8) is 0 Å². The number of halogens is 1. The number of carbonyl (C=O) groups is 1. The molecule has 3 heterocycles. The number of rotatable bonds is 5. The molecule has 1 aliphatic heterocycles. The number of hydrogen-bond donors (Lipinski definition) is 0. The summed E-state index contributed by atoms with van der Waals surface area (Å²) in [4.78, 5) is 30.5. The molecule has 0 spiro atoms. The molecule has 162 valence electrons. The van der Waals surface area contributed by atoms with Crippen LogP contribution in [0, 0.1) is 12.7 Å². The SMILES string of the molecule is Cc1nc(CC(=O)N2CCCC(c3nc(N(C)C)ncc3-c3ccc(F)cc3)C2)cs1. The zero-order valence-corrected chi connectivity index (χ0v) is 18.8. The Morgan fingerprint density at radius 2 is 2.03 bits per heavy atom. The maximum absolute atomic E-state index is 13.5. The fourth-order valence-corrected chi connectivity index (χ4v) is 4.56. The van der Waals surface area contributed by atoms with Crippen LogP contribution in [-0.2, 0) is 11.2 Å². The molecule has 2 aromatic heterocycles. The molecule has 1 saturated heterocycles. The summed E-state index contributed by atoms with van der Waals surface area (Å²) in [6.07, 6.45) is 3.99. The fraction of sp³-hybridized carbons (Fsp3) is 0.391. The molecular weight excluding hydrogens is 413 g/mol. The van der Waals surface area contributed by atoms with Crippen LogP contribution >= 0.6 is 11.3 Å². The van der Waals surface area contributed by atoms with Crippen LogP contribution in [0.1, 0.15) is 35.2 Å². The van der Waals surface area contributed by atoms with E-state index in [2.05, 4.69) is 9.97 Å². The third-order valence-corrected chi connectivity index (χ3v) is 6.34. The molecule has 31 heavy (non-hydrogen) atoms. The van der Waals surface area contributed by atoms with Crippen LogP contribution in [0.3, 0.4) is 0 Å². The largest absolute Gasteiger partial charge is 0.347 e. The molecule has 1 unspecified atom stereocenters. The highest BCUT2D eigenvalue weighted by molar-refractivity contribution is 7.09. The van der Waals surface area contributed by atoms with Crippen LogP contribution in [0.25, 0.3) is 11.1 Å². The Morgan fingerprint density at radius 1 is 1.26 bits per heavy atom. The van der Waals surface area contributed by atoms with E-state index in [9.17, 15) is 9.18 Å². The second-order valence-corrected chi connectivity index (χ2v) is 9.15. The van der Waals surface area contributed by atoms with E-state index in [0.29, 0.717) is 18.9 Å². The minimum Gasteiger partial charge on any atom is -0.347 e. The first kappa shape index (κ1) is 21.4. The minimum atomic E-state index is -0.275. The average molecular weight is 440 g/mol. The van der Waals surface area contributed by atoms with Gasteiger partial charge in [-0.3, -0.25) is 4.79 Å². The van der Waals surface area contributed by atoms with E-state index < -0.39 is 0 Å². The summed E-state index contributed by atoms with van der Waals surface area (Å²) in [6, 6.07) is 6.41. The number of carbonyl (C=O) groups excluding carboxylic acids is 1. The van der Waals surface area contributed by atoms with E-state index in [0.717, 1.165) is 46.9 Å². The molecular formula is C23H26FN5OS. The Kier molecular flexibility index (Phi) is 6.27. The molecule has 1 amide bonds. The Bertz CT molecular complexity index is 1070. The molecule has 0 N–H and O–H groups in total. The van der Waals surface area contributed by atoms with Gasteiger partial charge in [-0.15, -0.1) is 11.3 Å². The summed E-state index contributed by atoms with van der Waals surface area (Å²) in [5, 5.41) is 2.93. The van der Waals surface area contributed by atoms with Crippen molar-refractivity contribution < 1.29 is 9.18 Å². The Hall–Kier alpha value is -2.87. The quantitative estimate of drug-likeness (QED) is 0.600.